The number of para-hydroxylation sites is 1. The lowest BCUT2D eigenvalue weighted by molar-refractivity contribution is -0.136. The van der Waals surface area contributed by atoms with E-state index in [0.29, 0.717) is 10.9 Å². The van der Waals surface area contributed by atoms with E-state index in [-0.39, 0.29) is 6.04 Å². The van der Waals surface area contributed by atoms with Crippen LogP contribution in [0.15, 0.2) is 24.3 Å². The highest BCUT2D eigenvalue weighted by atomic mass is 32.1. The molecule has 118 valence electrons. The molecule has 0 radical (unpaired) electrons. The van der Waals surface area contributed by atoms with Gasteiger partial charge in [-0.3, -0.25) is 4.79 Å². The third-order valence-electron chi connectivity index (χ3n) is 4.36. The first-order valence-corrected chi connectivity index (χ1v) is 8.40. The van der Waals surface area contributed by atoms with Crippen LogP contribution in [0.3, 0.4) is 0 Å². The Kier molecular flexibility index (Phi) is 4.42. The summed E-state index contributed by atoms with van der Waals surface area (Å²) >= 11 is 1.29. The van der Waals surface area contributed by atoms with Gasteiger partial charge in [0.25, 0.3) is 5.91 Å². The maximum Gasteiger partial charge on any atom is 0.252 e. The van der Waals surface area contributed by atoms with E-state index < -0.39 is 18.1 Å². The number of rotatable bonds is 5. The van der Waals surface area contributed by atoms with Gasteiger partial charge < -0.3 is 15.5 Å². The molecule has 1 fully saturated rings. The van der Waals surface area contributed by atoms with Crippen LogP contribution in [0.25, 0.3) is 10.2 Å². The number of nitrogens with zero attached hydrogens (tertiary/aromatic N) is 1. The summed E-state index contributed by atoms with van der Waals surface area (Å²) in [5.41, 5.74) is 0.761. The molecule has 22 heavy (non-hydrogen) atoms. The number of fused-ring (bicyclic) bond motifs is 1. The van der Waals surface area contributed by atoms with Crippen LogP contribution in [0, 0.1) is 5.92 Å². The first-order chi connectivity index (χ1) is 10.6. The molecule has 1 saturated carbocycles. The molecule has 0 bridgehead atoms. The fourth-order valence-electron chi connectivity index (χ4n) is 2.66. The van der Waals surface area contributed by atoms with Crippen molar-refractivity contribution in [3.8, 4) is 0 Å². The predicted octanol–water partition coefficient (Wildman–Crippen LogP) is 2.00. The monoisotopic (exact) mass is 320 g/mol. The van der Waals surface area contributed by atoms with E-state index in [1.54, 1.807) is 0 Å². The highest BCUT2D eigenvalue weighted by molar-refractivity contribution is 7.18. The topological polar surface area (TPSA) is 82.5 Å². The number of carbonyl (C=O) groups excluding carboxylic acids is 1. The van der Waals surface area contributed by atoms with Crippen molar-refractivity contribution in [3.05, 3.63) is 29.3 Å². The van der Waals surface area contributed by atoms with Crippen LogP contribution in [0.2, 0.25) is 0 Å². The smallest absolute Gasteiger partial charge is 0.252 e. The Morgan fingerprint density at radius 2 is 2.09 bits per heavy atom. The molecule has 3 rings (SSSR count). The van der Waals surface area contributed by atoms with Crippen LogP contribution in [0.5, 0.6) is 0 Å². The molecule has 1 heterocycles. The van der Waals surface area contributed by atoms with Crippen molar-refractivity contribution in [2.24, 2.45) is 5.92 Å². The summed E-state index contributed by atoms with van der Waals surface area (Å²) < 4.78 is 0.923. The Balaban J connectivity index is 1.67. The van der Waals surface area contributed by atoms with Gasteiger partial charge in [0, 0.05) is 6.04 Å². The lowest BCUT2D eigenvalue weighted by atomic mass is 9.80. The van der Waals surface area contributed by atoms with Crippen LogP contribution in [-0.4, -0.2) is 33.3 Å². The van der Waals surface area contributed by atoms with Gasteiger partial charge in [0.15, 0.2) is 6.10 Å². The molecule has 1 amide bonds. The Bertz CT molecular complexity index is 635. The minimum Gasteiger partial charge on any atom is -0.383 e. The average Bonchev–Trinajstić information content (AvgIpc) is 2.87. The molecule has 1 aliphatic carbocycles. The third-order valence-corrected chi connectivity index (χ3v) is 5.47. The van der Waals surface area contributed by atoms with Crippen molar-refractivity contribution in [1.29, 1.82) is 0 Å². The molecular formula is C16H20N2O3S. The quantitative estimate of drug-likeness (QED) is 0.787. The van der Waals surface area contributed by atoms with Crippen LogP contribution in [0.4, 0.5) is 0 Å². The van der Waals surface area contributed by atoms with Crippen LogP contribution in [-0.2, 0) is 4.79 Å². The zero-order chi connectivity index (χ0) is 15.7. The summed E-state index contributed by atoms with van der Waals surface area (Å²) in [5, 5.41) is 23.5. The maximum absolute atomic E-state index is 12.1. The van der Waals surface area contributed by atoms with E-state index in [9.17, 15) is 15.0 Å². The van der Waals surface area contributed by atoms with Gasteiger partial charge in [-0.15, -0.1) is 11.3 Å². The second-order valence-electron chi connectivity index (χ2n) is 5.90. The number of thiazole rings is 1. The molecule has 6 heteroatoms. The molecule has 3 N–H and O–H groups in total. The zero-order valence-electron chi connectivity index (χ0n) is 12.4. The fourth-order valence-corrected chi connectivity index (χ4v) is 3.65. The molecular weight excluding hydrogens is 300 g/mol. The number of hydrogen-bond donors (Lipinski definition) is 3. The molecule has 1 aromatic heterocycles. The zero-order valence-corrected chi connectivity index (χ0v) is 13.2. The fraction of sp³-hybridized carbons (Fsp3) is 0.500. The van der Waals surface area contributed by atoms with E-state index in [1.165, 1.54) is 17.8 Å². The number of aromatic nitrogens is 1. The van der Waals surface area contributed by atoms with Crippen molar-refractivity contribution >= 4 is 27.5 Å². The van der Waals surface area contributed by atoms with E-state index in [4.69, 9.17) is 0 Å². The van der Waals surface area contributed by atoms with Crippen LogP contribution in [0.1, 0.15) is 37.3 Å². The molecule has 1 aliphatic rings. The van der Waals surface area contributed by atoms with Gasteiger partial charge in [-0.2, -0.15) is 0 Å². The van der Waals surface area contributed by atoms with E-state index in [1.807, 2.05) is 31.2 Å². The Hall–Kier alpha value is -1.50. The molecule has 3 atom stereocenters. The SMILES string of the molecule is C[C@H](NC(=O)[C@@H](O)[C@@H](O)c1nc2ccccc2s1)C1CCC1. The number of nitrogens with one attached hydrogen (secondary N) is 1. The van der Waals surface area contributed by atoms with Crippen molar-refractivity contribution in [2.75, 3.05) is 0 Å². The van der Waals surface area contributed by atoms with Gasteiger partial charge in [0.1, 0.15) is 11.1 Å². The van der Waals surface area contributed by atoms with Crippen molar-refractivity contribution in [1.82, 2.24) is 10.3 Å². The van der Waals surface area contributed by atoms with Gasteiger partial charge in [-0.1, -0.05) is 18.6 Å². The lowest BCUT2D eigenvalue weighted by Gasteiger charge is -2.32. The normalized spacial score (nSPS) is 19.4. The van der Waals surface area contributed by atoms with Gasteiger partial charge >= 0.3 is 0 Å². The van der Waals surface area contributed by atoms with Crippen molar-refractivity contribution < 1.29 is 15.0 Å². The molecule has 1 aromatic carbocycles. The van der Waals surface area contributed by atoms with E-state index in [0.717, 1.165) is 23.1 Å². The summed E-state index contributed by atoms with van der Waals surface area (Å²) in [6.45, 7) is 1.94. The predicted molar refractivity (Wildman–Crippen MR) is 85.5 cm³/mol. The highest BCUT2D eigenvalue weighted by Crippen LogP contribution is 2.30. The summed E-state index contributed by atoms with van der Waals surface area (Å²) in [4.78, 5) is 16.4. The largest absolute Gasteiger partial charge is 0.383 e. The second-order valence-corrected chi connectivity index (χ2v) is 6.96. The Morgan fingerprint density at radius 1 is 1.36 bits per heavy atom. The Labute approximate surface area is 133 Å². The van der Waals surface area contributed by atoms with E-state index in [2.05, 4.69) is 10.3 Å². The van der Waals surface area contributed by atoms with Gasteiger partial charge in [-0.25, -0.2) is 4.98 Å². The second kappa shape index (κ2) is 6.32. The standard InChI is InChI=1S/C16H20N2O3S/c1-9(10-5-4-6-10)17-15(21)13(19)14(20)16-18-11-7-2-3-8-12(11)22-16/h2-3,7-10,13-14,19-20H,4-6H2,1H3,(H,17,21)/t9-,13-,14+/m0/s1. The number of aliphatic hydroxyl groups is 2. The first-order valence-electron chi connectivity index (χ1n) is 7.58. The highest BCUT2D eigenvalue weighted by Gasteiger charge is 2.31. The Morgan fingerprint density at radius 3 is 2.73 bits per heavy atom. The minimum atomic E-state index is -1.50. The molecule has 0 unspecified atom stereocenters. The molecule has 0 spiro atoms. The molecule has 0 saturated heterocycles. The average molecular weight is 320 g/mol. The summed E-state index contributed by atoms with van der Waals surface area (Å²) in [6, 6.07) is 7.52. The van der Waals surface area contributed by atoms with Gasteiger partial charge in [-0.05, 0) is 37.8 Å². The molecule has 5 nitrogen and oxygen atoms in total. The summed E-state index contributed by atoms with van der Waals surface area (Å²) in [5.74, 6) is -0.0538. The number of carbonyl (C=O) groups is 1. The number of hydrogen-bond acceptors (Lipinski definition) is 5. The third kappa shape index (κ3) is 2.99. The number of aliphatic hydroxyl groups excluding tert-OH is 2. The first kappa shape index (κ1) is 15.4. The van der Waals surface area contributed by atoms with Gasteiger partial charge in [0.2, 0.25) is 0 Å². The number of benzene rings is 1. The van der Waals surface area contributed by atoms with E-state index >= 15 is 0 Å². The maximum atomic E-state index is 12.1. The minimum absolute atomic E-state index is 0.0264. The van der Waals surface area contributed by atoms with Crippen molar-refractivity contribution in [2.45, 2.75) is 44.4 Å². The van der Waals surface area contributed by atoms with Crippen LogP contribution < -0.4 is 5.32 Å². The molecule has 0 aliphatic heterocycles. The summed E-state index contributed by atoms with van der Waals surface area (Å²) in [7, 11) is 0. The van der Waals surface area contributed by atoms with Gasteiger partial charge in [0.05, 0.1) is 10.2 Å². The van der Waals surface area contributed by atoms with Crippen molar-refractivity contribution in [3.63, 3.8) is 0 Å². The molecule has 2 aromatic rings. The number of amides is 1. The van der Waals surface area contributed by atoms with Crippen LogP contribution >= 0.6 is 11.3 Å². The lowest BCUT2D eigenvalue weighted by Crippen LogP contribution is -2.46. The summed E-state index contributed by atoms with van der Waals surface area (Å²) in [6.07, 6.45) is 0.617.